The molecule has 1 aliphatic rings. The summed E-state index contributed by atoms with van der Waals surface area (Å²) in [5.74, 6) is -0.390. The highest BCUT2D eigenvalue weighted by Gasteiger charge is 2.29. The zero-order valence-corrected chi connectivity index (χ0v) is 14.9. The van der Waals surface area contributed by atoms with Crippen molar-refractivity contribution in [2.45, 2.75) is 12.8 Å². The summed E-state index contributed by atoms with van der Waals surface area (Å²) >= 11 is 11.9. The summed E-state index contributed by atoms with van der Waals surface area (Å²) in [6, 6.07) is 12.4. The third kappa shape index (κ3) is 4.30. The van der Waals surface area contributed by atoms with Crippen LogP contribution in [0.5, 0.6) is 0 Å². The van der Waals surface area contributed by atoms with E-state index < -0.39 is 0 Å². The zero-order chi connectivity index (χ0) is 17.8. The average molecular weight is 378 g/mol. The maximum absolute atomic E-state index is 12.6. The van der Waals surface area contributed by atoms with Crippen molar-refractivity contribution in [3.8, 4) is 0 Å². The van der Waals surface area contributed by atoms with Crippen LogP contribution in [-0.2, 0) is 4.79 Å². The highest BCUT2D eigenvalue weighted by molar-refractivity contribution is 6.34. The van der Waals surface area contributed by atoms with Crippen LogP contribution in [0.1, 0.15) is 23.3 Å². The molecule has 0 spiro atoms. The third-order valence-electron chi connectivity index (χ3n) is 4.21. The van der Waals surface area contributed by atoms with Crippen LogP contribution in [0.4, 0.5) is 5.69 Å². The second-order valence-electron chi connectivity index (χ2n) is 5.89. The molecule has 1 fully saturated rings. The Morgan fingerprint density at radius 2 is 1.72 bits per heavy atom. The Morgan fingerprint density at radius 3 is 2.40 bits per heavy atom. The van der Waals surface area contributed by atoms with E-state index in [0.717, 1.165) is 5.69 Å². The molecule has 5 nitrogen and oxygen atoms in total. The quantitative estimate of drug-likeness (QED) is 0.825. The lowest BCUT2D eigenvalue weighted by molar-refractivity contribution is -0.121. The van der Waals surface area contributed by atoms with Crippen molar-refractivity contribution >= 4 is 40.7 Å². The van der Waals surface area contributed by atoms with Crippen LogP contribution in [0.3, 0.4) is 0 Å². The molecule has 0 atom stereocenters. The van der Waals surface area contributed by atoms with Crippen molar-refractivity contribution in [3.05, 3.63) is 58.3 Å². The van der Waals surface area contributed by atoms with Crippen LogP contribution in [0, 0.1) is 5.92 Å². The van der Waals surface area contributed by atoms with Gasteiger partial charge >= 0.3 is 0 Å². The molecule has 1 aromatic carbocycles. The first-order valence-electron chi connectivity index (χ1n) is 8.02. The molecule has 2 aromatic rings. The van der Waals surface area contributed by atoms with E-state index in [0.29, 0.717) is 25.9 Å². The van der Waals surface area contributed by atoms with Gasteiger partial charge in [-0.25, -0.2) is 4.98 Å². The number of amides is 2. The van der Waals surface area contributed by atoms with Crippen LogP contribution >= 0.6 is 23.2 Å². The Bertz CT molecular complexity index is 775. The number of piperidine rings is 1. The average Bonchev–Trinajstić information content (AvgIpc) is 2.64. The number of hydrogen-bond donors (Lipinski definition) is 1. The summed E-state index contributed by atoms with van der Waals surface area (Å²) < 4.78 is 0. The molecule has 0 aliphatic carbocycles. The summed E-state index contributed by atoms with van der Waals surface area (Å²) in [5, 5.41) is 3.41. The molecule has 3 rings (SSSR count). The van der Waals surface area contributed by atoms with Crippen LogP contribution in [0.2, 0.25) is 10.2 Å². The summed E-state index contributed by atoms with van der Waals surface area (Å²) in [7, 11) is 0. The van der Waals surface area contributed by atoms with Gasteiger partial charge < -0.3 is 10.2 Å². The molecule has 2 heterocycles. The summed E-state index contributed by atoms with van der Waals surface area (Å²) in [6.07, 6.45) is 1.20. The number of para-hydroxylation sites is 1. The van der Waals surface area contributed by atoms with E-state index in [1.54, 1.807) is 17.0 Å². The highest BCUT2D eigenvalue weighted by atomic mass is 35.5. The Hall–Kier alpha value is -2.11. The fraction of sp³-hybridized carbons (Fsp3) is 0.278. The Balaban J connectivity index is 1.59. The minimum atomic E-state index is -0.255. The summed E-state index contributed by atoms with van der Waals surface area (Å²) in [6.45, 7) is 0.965. The van der Waals surface area contributed by atoms with Gasteiger partial charge in [-0.05, 0) is 37.1 Å². The Morgan fingerprint density at radius 1 is 1.04 bits per heavy atom. The number of carbonyl (C=O) groups excluding carboxylic acids is 2. The number of halogens is 2. The largest absolute Gasteiger partial charge is 0.337 e. The molecule has 0 saturated carbocycles. The molecule has 1 aromatic heterocycles. The molecule has 1 saturated heterocycles. The number of nitrogens with zero attached hydrogens (tertiary/aromatic N) is 2. The summed E-state index contributed by atoms with van der Waals surface area (Å²) in [4.78, 5) is 30.6. The van der Waals surface area contributed by atoms with Crippen LogP contribution in [-0.4, -0.2) is 34.8 Å². The van der Waals surface area contributed by atoms with Gasteiger partial charge in [0.25, 0.3) is 5.91 Å². The predicted molar refractivity (Wildman–Crippen MR) is 98.0 cm³/mol. The molecule has 2 amide bonds. The van der Waals surface area contributed by atoms with Crippen molar-refractivity contribution < 1.29 is 9.59 Å². The monoisotopic (exact) mass is 377 g/mol. The topological polar surface area (TPSA) is 62.3 Å². The third-order valence-corrected chi connectivity index (χ3v) is 4.72. The molecule has 130 valence electrons. The molecule has 25 heavy (non-hydrogen) atoms. The van der Waals surface area contributed by atoms with Gasteiger partial charge in [-0.15, -0.1) is 0 Å². The number of carbonyl (C=O) groups is 2. The lowest BCUT2D eigenvalue weighted by Gasteiger charge is -2.31. The van der Waals surface area contributed by atoms with Gasteiger partial charge in [-0.2, -0.15) is 0 Å². The maximum Gasteiger partial charge on any atom is 0.274 e. The first-order chi connectivity index (χ1) is 12.0. The molecule has 0 unspecified atom stereocenters. The van der Waals surface area contributed by atoms with Crippen molar-refractivity contribution in [1.29, 1.82) is 0 Å². The van der Waals surface area contributed by atoms with E-state index in [-0.39, 0.29) is 33.6 Å². The molecule has 1 aliphatic heterocycles. The van der Waals surface area contributed by atoms with E-state index in [1.807, 2.05) is 30.3 Å². The van der Waals surface area contributed by atoms with Crippen LogP contribution in [0.25, 0.3) is 0 Å². The van der Waals surface area contributed by atoms with Gasteiger partial charge in [0.15, 0.2) is 0 Å². The normalized spacial score (nSPS) is 15.0. The number of anilines is 1. The van der Waals surface area contributed by atoms with E-state index in [2.05, 4.69) is 10.3 Å². The van der Waals surface area contributed by atoms with E-state index in [4.69, 9.17) is 23.2 Å². The molecular formula is C18H17Cl2N3O2. The summed E-state index contributed by atoms with van der Waals surface area (Å²) in [5.41, 5.74) is 0.933. The Labute approximate surface area is 155 Å². The maximum atomic E-state index is 12.6. The highest BCUT2D eigenvalue weighted by Crippen LogP contribution is 2.23. The standard InChI is InChI=1S/C18H17Cl2N3O2/c19-14-6-7-15(20)22-16(14)18(25)23-10-8-12(9-11-23)17(24)21-13-4-2-1-3-5-13/h1-7,12H,8-11H2,(H,21,24). The fourth-order valence-corrected chi connectivity index (χ4v) is 3.16. The lowest BCUT2D eigenvalue weighted by atomic mass is 9.95. The van der Waals surface area contributed by atoms with Gasteiger partial charge in [0.1, 0.15) is 10.8 Å². The molecule has 1 N–H and O–H groups in total. The second-order valence-corrected chi connectivity index (χ2v) is 6.68. The molecule has 7 heteroatoms. The minimum absolute atomic E-state index is 0.0165. The van der Waals surface area contributed by atoms with Crippen molar-refractivity contribution in [1.82, 2.24) is 9.88 Å². The fourth-order valence-electron chi connectivity index (χ4n) is 2.83. The number of benzene rings is 1. The van der Waals surface area contributed by atoms with Gasteiger partial charge in [0, 0.05) is 24.7 Å². The van der Waals surface area contributed by atoms with Crippen LogP contribution in [0.15, 0.2) is 42.5 Å². The SMILES string of the molecule is O=C(Nc1ccccc1)C1CCN(C(=O)c2nc(Cl)ccc2Cl)CC1. The molecular weight excluding hydrogens is 361 g/mol. The zero-order valence-electron chi connectivity index (χ0n) is 13.4. The second kappa shape index (κ2) is 7.85. The van der Waals surface area contributed by atoms with Crippen molar-refractivity contribution in [2.24, 2.45) is 5.92 Å². The van der Waals surface area contributed by atoms with Crippen LogP contribution < -0.4 is 5.32 Å². The number of hydrogen-bond acceptors (Lipinski definition) is 3. The number of aromatic nitrogens is 1. The predicted octanol–water partition coefficient (Wildman–Crippen LogP) is 3.88. The van der Waals surface area contributed by atoms with Crippen molar-refractivity contribution in [3.63, 3.8) is 0 Å². The van der Waals surface area contributed by atoms with Crippen molar-refractivity contribution in [2.75, 3.05) is 18.4 Å². The first-order valence-corrected chi connectivity index (χ1v) is 8.77. The smallest absolute Gasteiger partial charge is 0.274 e. The van der Waals surface area contributed by atoms with E-state index in [1.165, 1.54) is 0 Å². The minimum Gasteiger partial charge on any atom is -0.337 e. The van der Waals surface area contributed by atoms with E-state index in [9.17, 15) is 9.59 Å². The number of nitrogens with one attached hydrogen (secondary N) is 1. The van der Waals surface area contributed by atoms with E-state index >= 15 is 0 Å². The number of likely N-dealkylation sites (tertiary alicyclic amines) is 1. The van der Waals surface area contributed by atoms with Gasteiger partial charge in [-0.3, -0.25) is 9.59 Å². The van der Waals surface area contributed by atoms with Gasteiger partial charge in [0.05, 0.1) is 5.02 Å². The lowest BCUT2D eigenvalue weighted by Crippen LogP contribution is -2.41. The first kappa shape index (κ1) is 17.7. The van der Waals surface area contributed by atoms with Gasteiger partial charge in [-0.1, -0.05) is 41.4 Å². The number of pyridine rings is 1. The molecule has 0 radical (unpaired) electrons. The Kier molecular flexibility index (Phi) is 5.56. The molecule has 0 bridgehead atoms. The van der Waals surface area contributed by atoms with Gasteiger partial charge in [0.2, 0.25) is 5.91 Å². The number of rotatable bonds is 3.